The average molecular weight is 277 g/mol. The van der Waals surface area contributed by atoms with Crippen LogP contribution in [0, 0.1) is 6.92 Å². The van der Waals surface area contributed by atoms with Crippen molar-refractivity contribution in [3.63, 3.8) is 0 Å². The zero-order valence-electron chi connectivity index (χ0n) is 11.6. The number of thiazole rings is 1. The van der Waals surface area contributed by atoms with Crippen molar-refractivity contribution in [2.24, 2.45) is 0 Å². The van der Waals surface area contributed by atoms with Gasteiger partial charge in [0, 0.05) is 22.6 Å². The first-order valence-electron chi connectivity index (χ1n) is 6.15. The Kier molecular flexibility index (Phi) is 3.60. The molecule has 2 aromatic heterocycles. The number of hydrogen-bond acceptors (Lipinski definition) is 5. The predicted molar refractivity (Wildman–Crippen MR) is 78.3 cm³/mol. The van der Waals surface area contributed by atoms with Crippen LogP contribution in [0.15, 0.2) is 17.6 Å². The maximum Gasteiger partial charge on any atom is 0.129 e. The Bertz CT molecular complexity index is 566. The standard InChI is InChI=1S/C14H19N3OS/c1-8-5-6-16-12(15)10(8)11(18)9-7-19-13(17-9)14(2,3)4/h5-7,11,18H,1-4H3,(H2,15,16). The molecule has 0 aliphatic carbocycles. The summed E-state index contributed by atoms with van der Waals surface area (Å²) in [5, 5.41) is 13.3. The third-order valence-corrected chi connectivity index (χ3v) is 4.24. The molecule has 4 nitrogen and oxygen atoms in total. The maximum absolute atomic E-state index is 10.5. The fourth-order valence-electron chi connectivity index (χ4n) is 1.85. The second-order valence-electron chi connectivity index (χ2n) is 5.66. The SMILES string of the molecule is Cc1ccnc(N)c1C(O)c1csc(C(C)(C)C)n1. The van der Waals surface area contributed by atoms with Gasteiger partial charge < -0.3 is 10.8 Å². The molecule has 0 saturated heterocycles. The minimum atomic E-state index is -0.818. The van der Waals surface area contributed by atoms with Gasteiger partial charge in [0.15, 0.2) is 0 Å². The van der Waals surface area contributed by atoms with Gasteiger partial charge in [-0.3, -0.25) is 0 Å². The van der Waals surface area contributed by atoms with Gasteiger partial charge in [0.2, 0.25) is 0 Å². The molecule has 2 rings (SSSR count). The zero-order chi connectivity index (χ0) is 14.2. The van der Waals surface area contributed by atoms with Gasteiger partial charge in [-0.15, -0.1) is 11.3 Å². The third kappa shape index (κ3) is 2.77. The first-order chi connectivity index (χ1) is 8.80. The van der Waals surface area contributed by atoms with E-state index in [0.717, 1.165) is 10.6 Å². The molecule has 0 spiro atoms. The van der Waals surface area contributed by atoms with Crippen LogP contribution in [0.1, 0.15) is 48.7 Å². The summed E-state index contributed by atoms with van der Waals surface area (Å²) >= 11 is 1.56. The number of aliphatic hydroxyl groups excluding tert-OH is 1. The molecule has 0 fully saturated rings. The molecule has 19 heavy (non-hydrogen) atoms. The highest BCUT2D eigenvalue weighted by molar-refractivity contribution is 7.09. The summed E-state index contributed by atoms with van der Waals surface area (Å²) in [6, 6.07) is 1.84. The summed E-state index contributed by atoms with van der Waals surface area (Å²) in [6.07, 6.45) is 0.823. The number of anilines is 1. The second-order valence-corrected chi connectivity index (χ2v) is 6.51. The Morgan fingerprint density at radius 2 is 2.05 bits per heavy atom. The van der Waals surface area contributed by atoms with E-state index in [1.54, 1.807) is 17.5 Å². The van der Waals surface area contributed by atoms with E-state index in [1.165, 1.54) is 0 Å². The molecule has 0 aromatic carbocycles. The molecule has 5 heteroatoms. The lowest BCUT2D eigenvalue weighted by Gasteiger charge is -2.15. The van der Waals surface area contributed by atoms with Crippen LogP contribution >= 0.6 is 11.3 Å². The normalized spacial score (nSPS) is 13.5. The molecule has 1 atom stereocenters. The van der Waals surface area contributed by atoms with Crippen molar-refractivity contribution in [2.45, 2.75) is 39.2 Å². The predicted octanol–water partition coefficient (Wildman–Crippen LogP) is 2.81. The van der Waals surface area contributed by atoms with Gasteiger partial charge in [-0.1, -0.05) is 20.8 Å². The Balaban J connectivity index is 2.40. The summed E-state index contributed by atoms with van der Waals surface area (Å²) in [5.74, 6) is 0.359. The number of pyridine rings is 1. The molecule has 0 radical (unpaired) electrons. The topological polar surface area (TPSA) is 72.0 Å². The van der Waals surface area contributed by atoms with Crippen molar-refractivity contribution in [3.8, 4) is 0 Å². The molecule has 102 valence electrons. The molecule has 0 bridgehead atoms. The highest BCUT2D eigenvalue weighted by Crippen LogP contribution is 2.32. The van der Waals surface area contributed by atoms with Crippen molar-refractivity contribution >= 4 is 17.2 Å². The summed E-state index contributed by atoms with van der Waals surface area (Å²) in [4.78, 5) is 8.56. The van der Waals surface area contributed by atoms with Gasteiger partial charge in [-0.2, -0.15) is 0 Å². The van der Waals surface area contributed by atoms with E-state index in [1.807, 2.05) is 18.4 Å². The first kappa shape index (κ1) is 14.0. The number of aryl methyl sites for hydroxylation is 1. The van der Waals surface area contributed by atoms with Crippen LogP contribution in [-0.2, 0) is 5.41 Å². The molecule has 3 N–H and O–H groups in total. The van der Waals surface area contributed by atoms with Crippen LogP contribution in [0.3, 0.4) is 0 Å². The van der Waals surface area contributed by atoms with Gasteiger partial charge in [-0.05, 0) is 18.6 Å². The lowest BCUT2D eigenvalue weighted by molar-refractivity contribution is 0.215. The maximum atomic E-state index is 10.5. The number of aliphatic hydroxyl groups is 1. The van der Waals surface area contributed by atoms with Crippen molar-refractivity contribution in [1.29, 1.82) is 0 Å². The van der Waals surface area contributed by atoms with Crippen molar-refractivity contribution in [1.82, 2.24) is 9.97 Å². The number of nitrogen functional groups attached to an aromatic ring is 1. The van der Waals surface area contributed by atoms with E-state index in [4.69, 9.17) is 5.73 Å². The smallest absolute Gasteiger partial charge is 0.129 e. The lowest BCUT2D eigenvalue weighted by Crippen LogP contribution is -2.12. The van der Waals surface area contributed by atoms with Crippen LogP contribution < -0.4 is 5.73 Å². The molecule has 2 heterocycles. The van der Waals surface area contributed by atoms with E-state index in [2.05, 4.69) is 30.7 Å². The molecule has 0 amide bonds. The molecule has 0 aliphatic rings. The van der Waals surface area contributed by atoms with Crippen LogP contribution in [0.2, 0.25) is 0 Å². The monoisotopic (exact) mass is 277 g/mol. The fraction of sp³-hybridized carbons (Fsp3) is 0.429. The highest BCUT2D eigenvalue weighted by atomic mass is 32.1. The van der Waals surface area contributed by atoms with E-state index < -0.39 is 6.10 Å². The van der Waals surface area contributed by atoms with E-state index in [0.29, 0.717) is 17.1 Å². The quantitative estimate of drug-likeness (QED) is 0.885. The largest absolute Gasteiger partial charge is 0.383 e. The summed E-state index contributed by atoms with van der Waals surface area (Å²) < 4.78 is 0. The minimum absolute atomic E-state index is 0.0157. The van der Waals surface area contributed by atoms with Crippen molar-refractivity contribution < 1.29 is 5.11 Å². The minimum Gasteiger partial charge on any atom is -0.383 e. The highest BCUT2D eigenvalue weighted by Gasteiger charge is 2.23. The van der Waals surface area contributed by atoms with E-state index in [-0.39, 0.29) is 5.41 Å². The molecule has 0 saturated carbocycles. The van der Waals surface area contributed by atoms with Crippen molar-refractivity contribution in [3.05, 3.63) is 39.5 Å². The van der Waals surface area contributed by atoms with E-state index >= 15 is 0 Å². The van der Waals surface area contributed by atoms with Crippen LogP contribution in [0.25, 0.3) is 0 Å². The molecule has 0 aliphatic heterocycles. The van der Waals surface area contributed by atoms with Gasteiger partial charge >= 0.3 is 0 Å². The second kappa shape index (κ2) is 4.90. The fourth-order valence-corrected chi connectivity index (χ4v) is 2.78. The number of aromatic nitrogens is 2. The third-order valence-electron chi connectivity index (χ3n) is 2.96. The summed E-state index contributed by atoms with van der Waals surface area (Å²) in [7, 11) is 0. The van der Waals surface area contributed by atoms with Gasteiger partial charge in [0.05, 0.1) is 10.7 Å². The Morgan fingerprint density at radius 1 is 1.37 bits per heavy atom. The summed E-state index contributed by atoms with van der Waals surface area (Å²) in [6.45, 7) is 8.22. The molecule has 1 unspecified atom stereocenters. The number of nitrogens with two attached hydrogens (primary N) is 1. The molecule has 2 aromatic rings. The number of rotatable bonds is 2. The summed E-state index contributed by atoms with van der Waals surface area (Å²) in [5.41, 5.74) is 8.05. The van der Waals surface area contributed by atoms with Crippen LogP contribution in [0.5, 0.6) is 0 Å². The average Bonchev–Trinajstić information content (AvgIpc) is 2.77. The Labute approximate surface area is 117 Å². The Hall–Kier alpha value is -1.46. The lowest BCUT2D eigenvalue weighted by atomic mass is 9.98. The Morgan fingerprint density at radius 3 is 2.58 bits per heavy atom. The first-order valence-corrected chi connectivity index (χ1v) is 7.03. The van der Waals surface area contributed by atoms with Crippen molar-refractivity contribution in [2.75, 3.05) is 5.73 Å². The van der Waals surface area contributed by atoms with Crippen LogP contribution in [-0.4, -0.2) is 15.1 Å². The molecular weight excluding hydrogens is 258 g/mol. The number of nitrogens with zero attached hydrogens (tertiary/aromatic N) is 2. The van der Waals surface area contributed by atoms with E-state index in [9.17, 15) is 5.11 Å². The van der Waals surface area contributed by atoms with Crippen LogP contribution in [0.4, 0.5) is 5.82 Å². The molecular formula is C14H19N3OS. The van der Waals surface area contributed by atoms with Gasteiger partial charge in [-0.25, -0.2) is 9.97 Å². The number of hydrogen-bond donors (Lipinski definition) is 2. The van der Waals surface area contributed by atoms with Gasteiger partial charge in [0.1, 0.15) is 11.9 Å². The van der Waals surface area contributed by atoms with Gasteiger partial charge in [0.25, 0.3) is 0 Å². The zero-order valence-corrected chi connectivity index (χ0v) is 12.5.